The Kier molecular flexibility index (Phi) is 6.41. The molecule has 1 amide bonds. The van der Waals surface area contributed by atoms with E-state index in [1.807, 2.05) is 0 Å². The first-order valence-electron chi connectivity index (χ1n) is 8.03. The number of nitro benzene ring substituents is 1. The minimum Gasteiger partial charge on any atom is -0.335 e. The van der Waals surface area contributed by atoms with E-state index in [2.05, 4.69) is 13.8 Å². The molecule has 2 rings (SSSR count). The van der Waals surface area contributed by atoms with Crippen LogP contribution in [0.5, 0.6) is 0 Å². The van der Waals surface area contributed by atoms with Gasteiger partial charge in [-0.15, -0.1) is 11.8 Å². The second-order valence-electron chi connectivity index (χ2n) is 5.67. The second-order valence-corrected chi connectivity index (χ2v) is 6.84. The van der Waals surface area contributed by atoms with E-state index in [1.165, 1.54) is 11.0 Å². The maximum absolute atomic E-state index is 12.2. The zero-order valence-corrected chi connectivity index (χ0v) is 14.5. The summed E-state index contributed by atoms with van der Waals surface area (Å²) in [6, 6.07) is 6.67. The summed E-state index contributed by atoms with van der Waals surface area (Å²) < 4.78 is 0. The zero-order chi connectivity index (χ0) is 16.8. The lowest BCUT2D eigenvalue weighted by molar-refractivity contribution is -0.896. The average Bonchev–Trinajstić information content (AvgIpc) is 2.89. The number of quaternary nitrogens is 1. The molecular formula is C16H24N3O3S+. The quantitative estimate of drug-likeness (QED) is 0.573. The molecular weight excluding hydrogens is 314 g/mol. The molecule has 1 saturated heterocycles. The summed E-state index contributed by atoms with van der Waals surface area (Å²) in [5.74, 6) is 0.548. The van der Waals surface area contributed by atoms with Gasteiger partial charge in [-0.05, 0) is 13.8 Å². The Bertz CT molecular complexity index is 563. The largest absolute Gasteiger partial charge is 0.335 e. The monoisotopic (exact) mass is 338 g/mol. The van der Waals surface area contributed by atoms with Crippen molar-refractivity contribution in [1.29, 1.82) is 0 Å². The molecule has 0 saturated carbocycles. The Balaban J connectivity index is 2.07. The number of nitro groups is 1. The Morgan fingerprint density at radius 1 is 1.35 bits per heavy atom. The van der Waals surface area contributed by atoms with Crippen molar-refractivity contribution < 1.29 is 14.6 Å². The molecule has 6 nitrogen and oxygen atoms in total. The Hall–Kier alpha value is -1.60. The minimum atomic E-state index is -0.377. The van der Waals surface area contributed by atoms with Crippen molar-refractivity contribution in [2.45, 2.75) is 32.2 Å². The molecule has 1 N–H and O–H groups in total. The molecule has 0 spiro atoms. The fraction of sp³-hybridized carbons (Fsp3) is 0.562. The van der Waals surface area contributed by atoms with Crippen molar-refractivity contribution in [3.05, 3.63) is 39.9 Å². The van der Waals surface area contributed by atoms with E-state index < -0.39 is 0 Å². The molecule has 126 valence electrons. The molecule has 1 fully saturated rings. The molecule has 1 atom stereocenters. The number of para-hydroxylation sites is 1. The van der Waals surface area contributed by atoms with Gasteiger partial charge < -0.3 is 9.80 Å². The van der Waals surface area contributed by atoms with Crippen molar-refractivity contribution in [3.63, 3.8) is 0 Å². The van der Waals surface area contributed by atoms with Crippen LogP contribution in [0.3, 0.4) is 0 Å². The molecule has 0 aromatic heterocycles. The van der Waals surface area contributed by atoms with Crippen molar-refractivity contribution >= 4 is 23.4 Å². The SMILES string of the molecule is CC[NH+](CC)CC[C@@H]1SCC(=O)N1Cc1ccccc1[N+](=O)[O-]. The van der Waals surface area contributed by atoms with Crippen LogP contribution in [0, 0.1) is 10.1 Å². The topological polar surface area (TPSA) is 67.9 Å². The van der Waals surface area contributed by atoms with Crippen LogP contribution in [0.2, 0.25) is 0 Å². The van der Waals surface area contributed by atoms with Gasteiger partial charge in [0.25, 0.3) is 5.69 Å². The highest BCUT2D eigenvalue weighted by Gasteiger charge is 2.33. The van der Waals surface area contributed by atoms with Gasteiger partial charge in [-0.2, -0.15) is 0 Å². The van der Waals surface area contributed by atoms with E-state index in [-0.39, 0.29) is 21.9 Å². The smallest absolute Gasteiger partial charge is 0.274 e. The van der Waals surface area contributed by atoms with Gasteiger partial charge in [0.05, 0.1) is 42.2 Å². The number of nitrogens with zero attached hydrogens (tertiary/aromatic N) is 2. The lowest BCUT2D eigenvalue weighted by Crippen LogP contribution is -3.11. The summed E-state index contributed by atoms with van der Waals surface area (Å²) in [6.45, 7) is 7.82. The Morgan fingerprint density at radius 3 is 2.70 bits per heavy atom. The molecule has 1 heterocycles. The van der Waals surface area contributed by atoms with Crippen LogP contribution in [-0.2, 0) is 11.3 Å². The fourth-order valence-corrected chi connectivity index (χ4v) is 4.02. The van der Waals surface area contributed by atoms with Crippen molar-refractivity contribution in [1.82, 2.24) is 4.90 Å². The predicted molar refractivity (Wildman–Crippen MR) is 91.4 cm³/mol. The standard InChI is InChI=1S/C16H23N3O3S/c1-3-17(4-2)10-9-16-18(15(20)12-23-16)11-13-7-5-6-8-14(13)19(21)22/h5-8,16H,3-4,9-12H2,1-2H3/p+1/t16-/m0/s1. The molecule has 0 bridgehead atoms. The third-order valence-electron chi connectivity index (χ3n) is 4.34. The summed E-state index contributed by atoms with van der Waals surface area (Å²) in [4.78, 5) is 26.3. The predicted octanol–water partition coefficient (Wildman–Crippen LogP) is 1.31. The van der Waals surface area contributed by atoms with E-state index in [0.717, 1.165) is 26.1 Å². The van der Waals surface area contributed by atoms with Crippen molar-refractivity contribution in [2.75, 3.05) is 25.4 Å². The highest BCUT2D eigenvalue weighted by Crippen LogP contribution is 2.30. The first kappa shape index (κ1) is 17.7. The molecule has 0 radical (unpaired) electrons. The van der Waals surface area contributed by atoms with Gasteiger partial charge >= 0.3 is 0 Å². The van der Waals surface area contributed by atoms with Crippen LogP contribution in [0.15, 0.2) is 24.3 Å². The second kappa shape index (κ2) is 8.31. The highest BCUT2D eigenvalue weighted by atomic mass is 32.2. The number of benzene rings is 1. The molecule has 1 aliphatic heterocycles. The first-order valence-corrected chi connectivity index (χ1v) is 9.08. The zero-order valence-electron chi connectivity index (χ0n) is 13.7. The van der Waals surface area contributed by atoms with Gasteiger partial charge in [0, 0.05) is 18.1 Å². The molecule has 23 heavy (non-hydrogen) atoms. The number of carbonyl (C=O) groups is 1. The Morgan fingerprint density at radius 2 is 2.04 bits per heavy atom. The van der Waals surface area contributed by atoms with E-state index in [4.69, 9.17) is 0 Å². The Labute approximate surface area is 141 Å². The normalized spacial score (nSPS) is 18.0. The third kappa shape index (κ3) is 4.45. The van der Waals surface area contributed by atoms with E-state index in [1.54, 1.807) is 34.9 Å². The fourth-order valence-electron chi connectivity index (χ4n) is 2.87. The third-order valence-corrected chi connectivity index (χ3v) is 5.63. The molecule has 1 aliphatic rings. The molecule has 1 aromatic rings. The van der Waals surface area contributed by atoms with Gasteiger partial charge in [0.2, 0.25) is 5.91 Å². The van der Waals surface area contributed by atoms with Crippen LogP contribution in [0.4, 0.5) is 5.69 Å². The average molecular weight is 338 g/mol. The first-order chi connectivity index (χ1) is 11.1. The summed E-state index contributed by atoms with van der Waals surface area (Å²) in [5, 5.41) is 11.3. The molecule has 0 unspecified atom stereocenters. The number of hydrogen-bond donors (Lipinski definition) is 1. The summed E-state index contributed by atoms with van der Waals surface area (Å²) >= 11 is 1.65. The van der Waals surface area contributed by atoms with Gasteiger partial charge in [0.1, 0.15) is 0 Å². The van der Waals surface area contributed by atoms with Crippen LogP contribution >= 0.6 is 11.8 Å². The minimum absolute atomic E-state index is 0.0766. The van der Waals surface area contributed by atoms with Crippen LogP contribution < -0.4 is 4.90 Å². The van der Waals surface area contributed by atoms with Gasteiger partial charge in [-0.1, -0.05) is 18.2 Å². The van der Waals surface area contributed by atoms with Crippen LogP contribution in [-0.4, -0.2) is 46.5 Å². The van der Waals surface area contributed by atoms with Gasteiger partial charge in [-0.25, -0.2) is 0 Å². The number of carbonyl (C=O) groups excluding carboxylic acids is 1. The van der Waals surface area contributed by atoms with E-state index >= 15 is 0 Å². The van der Waals surface area contributed by atoms with Gasteiger partial charge in [0.15, 0.2) is 0 Å². The van der Waals surface area contributed by atoms with E-state index in [0.29, 0.717) is 17.9 Å². The molecule has 1 aromatic carbocycles. The number of thioether (sulfide) groups is 1. The summed E-state index contributed by atoms with van der Waals surface area (Å²) in [6.07, 6.45) is 0.925. The van der Waals surface area contributed by atoms with Crippen LogP contribution in [0.25, 0.3) is 0 Å². The van der Waals surface area contributed by atoms with Crippen LogP contribution in [0.1, 0.15) is 25.8 Å². The number of rotatable bonds is 8. The number of hydrogen-bond acceptors (Lipinski definition) is 4. The number of amides is 1. The summed E-state index contributed by atoms with van der Waals surface area (Å²) in [5.41, 5.74) is 0.693. The van der Waals surface area contributed by atoms with Gasteiger partial charge in [-0.3, -0.25) is 14.9 Å². The summed E-state index contributed by atoms with van der Waals surface area (Å²) in [7, 11) is 0. The highest BCUT2D eigenvalue weighted by molar-refractivity contribution is 8.00. The lowest BCUT2D eigenvalue weighted by atomic mass is 10.1. The van der Waals surface area contributed by atoms with Crippen molar-refractivity contribution in [2.24, 2.45) is 0 Å². The van der Waals surface area contributed by atoms with E-state index in [9.17, 15) is 14.9 Å². The van der Waals surface area contributed by atoms with Crippen molar-refractivity contribution in [3.8, 4) is 0 Å². The number of nitrogens with one attached hydrogen (secondary N) is 1. The molecule has 0 aliphatic carbocycles. The maximum Gasteiger partial charge on any atom is 0.274 e. The lowest BCUT2D eigenvalue weighted by Gasteiger charge is -2.25. The maximum atomic E-state index is 12.2. The molecule has 7 heteroatoms.